The molecule has 13 nitrogen and oxygen atoms in total. The standard InChI is InChI=1S/C29H34N10O3/c1-17-12-37(3)36-24(17)16-38-14-20(15-38)39-13-19(11-31-39)21-6-5-7-22(27(21)42-4)32-23-10-25(33-28(40)18-8-9-18)34-35-26(23)29(41)30-2/h5-7,10-13,18,20H,8-9,14-16H2,1-4H3,(H,30,41)(H2,32,33,34,40). The molecule has 1 aromatic carbocycles. The van der Waals surface area contributed by atoms with Gasteiger partial charge in [-0.05, 0) is 31.4 Å². The summed E-state index contributed by atoms with van der Waals surface area (Å²) in [7, 11) is 5.07. The molecule has 3 aromatic heterocycles. The number of benzene rings is 1. The van der Waals surface area contributed by atoms with Crippen LogP contribution in [0.4, 0.5) is 17.2 Å². The number of nitrogens with zero attached hydrogens (tertiary/aromatic N) is 7. The fourth-order valence-corrected chi connectivity index (χ4v) is 5.17. The number of ether oxygens (including phenoxy) is 1. The quantitative estimate of drug-likeness (QED) is 0.262. The molecule has 0 bridgehead atoms. The highest BCUT2D eigenvalue weighted by Crippen LogP contribution is 2.39. The molecule has 1 saturated carbocycles. The lowest BCUT2D eigenvalue weighted by atomic mass is 10.1. The molecule has 0 radical (unpaired) electrons. The molecule has 2 aliphatic rings. The topological polar surface area (TPSA) is 144 Å². The van der Waals surface area contributed by atoms with Crippen LogP contribution in [0.5, 0.6) is 5.75 Å². The molecule has 2 fully saturated rings. The Kier molecular flexibility index (Phi) is 7.33. The van der Waals surface area contributed by atoms with Crippen LogP contribution in [0.1, 0.15) is 40.6 Å². The number of likely N-dealkylation sites (tertiary alicyclic amines) is 1. The number of amides is 2. The largest absolute Gasteiger partial charge is 0.494 e. The lowest BCUT2D eigenvalue weighted by molar-refractivity contribution is -0.117. The van der Waals surface area contributed by atoms with E-state index in [1.54, 1.807) is 13.2 Å². The smallest absolute Gasteiger partial charge is 0.273 e. The lowest BCUT2D eigenvalue weighted by Crippen LogP contribution is -2.47. The van der Waals surface area contributed by atoms with Crippen molar-refractivity contribution < 1.29 is 14.3 Å². The van der Waals surface area contributed by atoms with E-state index in [1.807, 2.05) is 53.2 Å². The zero-order valence-electron chi connectivity index (χ0n) is 24.1. The lowest BCUT2D eigenvalue weighted by Gasteiger charge is -2.38. The maximum atomic E-state index is 12.6. The van der Waals surface area contributed by atoms with E-state index in [4.69, 9.17) is 4.74 Å². The Morgan fingerprint density at radius 1 is 1.12 bits per heavy atom. The van der Waals surface area contributed by atoms with Crippen molar-refractivity contribution in [3.05, 3.63) is 59.8 Å². The molecule has 1 aliphatic carbocycles. The van der Waals surface area contributed by atoms with Crippen molar-refractivity contribution in [2.75, 3.05) is 37.9 Å². The Morgan fingerprint density at radius 3 is 2.62 bits per heavy atom. The van der Waals surface area contributed by atoms with E-state index in [2.05, 4.69) is 48.2 Å². The highest BCUT2D eigenvalue weighted by molar-refractivity contribution is 6.00. The van der Waals surface area contributed by atoms with Crippen LogP contribution < -0.4 is 20.7 Å². The zero-order valence-corrected chi connectivity index (χ0v) is 24.1. The van der Waals surface area contributed by atoms with Crippen molar-refractivity contribution in [2.24, 2.45) is 13.0 Å². The number of methoxy groups -OCH3 is 1. The Balaban J connectivity index is 1.21. The van der Waals surface area contributed by atoms with E-state index in [0.29, 0.717) is 17.1 Å². The van der Waals surface area contributed by atoms with Crippen LogP contribution in [0.2, 0.25) is 0 Å². The van der Waals surface area contributed by atoms with Gasteiger partial charge in [0.25, 0.3) is 5.91 Å². The van der Waals surface area contributed by atoms with E-state index in [9.17, 15) is 9.59 Å². The molecular weight excluding hydrogens is 536 g/mol. The first-order valence-electron chi connectivity index (χ1n) is 13.9. The first-order valence-corrected chi connectivity index (χ1v) is 13.9. The minimum Gasteiger partial charge on any atom is -0.494 e. The van der Waals surface area contributed by atoms with Gasteiger partial charge >= 0.3 is 0 Å². The first kappa shape index (κ1) is 27.4. The molecule has 13 heteroatoms. The third kappa shape index (κ3) is 5.55. The summed E-state index contributed by atoms with van der Waals surface area (Å²) in [4.78, 5) is 27.2. The molecule has 4 aromatic rings. The van der Waals surface area contributed by atoms with Gasteiger partial charge < -0.3 is 20.7 Å². The molecule has 6 rings (SSSR count). The minimum atomic E-state index is -0.408. The Labute approximate surface area is 243 Å². The van der Waals surface area contributed by atoms with E-state index in [-0.39, 0.29) is 29.4 Å². The van der Waals surface area contributed by atoms with Gasteiger partial charge in [0.1, 0.15) is 5.75 Å². The number of hydrogen-bond acceptors (Lipinski definition) is 9. The number of carbonyl (C=O) groups excluding carboxylic acids is 2. The van der Waals surface area contributed by atoms with Crippen LogP contribution in [-0.2, 0) is 18.4 Å². The van der Waals surface area contributed by atoms with Crippen LogP contribution in [0, 0.1) is 12.8 Å². The number of carbonyl (C=O) groups is 2. The van der Waals surface area contributed by atoms with E-state index < -0.39 is 5.91 Å². The second-order valence-electron chi connectivity index (χ2n) is 10.8. The number of aryl methyl sites for hydroxylation is 2. The fourth-order valence-electron chi connectivity index (χ4n) is 5.17. The summed E-state index contributed by atoms with van der Waals surface area (Å²) < 4.78 is 9.71. The molecule has 1 saturated heterocycles. The van der Waals surface area contributed by atoms with Crippen LogP contribution in [0.15, 0.2) is 42.9 Å². The summed E-state index contributed by atoms with van der Waals surface area (Å²) in [5.41, 5.74) is 5.17. The monoisotopic (exact) mass is 570 g/mol. The third-order valence-electron chi connectivity index (χ3n) is 7.64. The van der Waals surface area contributed by atoms with Crippen molar-refractivity contribution in [3.8, 4) is 16.9 Å². The van der Waals surface area contributed by atoms with Gasteiger partial charge in [0, 0.05) is 69.2 Å². The Morgan fingerprint density at radius 2 is 1.93 bits per heavy atom. The molecule has 0 unspecified atom stereocenters. The van der Waals surface area contributed by atoms with Crippen molar-refractivity contribution >= 4 is 29.0 Å². The number of aromatic nitrogens is 6. The van der Waals surface area contributed by atoms with Crippen molar-refractivity contribution in [3.63, 3.8) is 0 Å². The third-order valence-corrected chi connectivity index (χ3v) is 7.64. The average Bonchev–Trinajstić information content (AvgIpc) is 3.62. The maximum Gasteiger partial charge on any atom is 0.273 e. The molecule has 42 heavy (non-hydrogen) atoms. The van der Waals surface area contributed by atoms with Crippen LogP contribution in [-0.4, -0.2) is 73.7 Å². The van der Waals surface area contributed by atoms with Gasteiger partial charge in [0.2, 0.25) is 5.91 Å². The Bertz CT molecular complexity index is 1630. The number of nitrogens with one attached hydrogen (secondary N) is 3. The van der Waals surface area contributed by atoms with Crippen LogP contribution >= 0.6 is 0 Å². The molecular formula is C29H34N10O3. The van der Waals surface area contributed by atoms with Crippen molar-refractivity contribution in [1.29, 1.82) is 0 Å². The SMILES string of the molecule is CNC(=O)c1nnc(NC(=O)C2CC2)cc1Nc1cccc(-c2cnn(C3CN(Cc4nn(C)cc4C)C3)c2)c1OC. The van der Waals surface area contributed by atoms with E-state index in [0.717, 1.165) is 49.3 Å². The summed E-state index contributed by atoms with van der Waals surface area (Å²) in [6, 6.07) is 7.61. The molecule has 0 atom stereocenters. The molecule has 3 N–H and O–H groups in total. The Hall–Kier alpha value is -4.78. The van der Waals surface area contributed by atoms with Crippen LogP contribution in [0.25, 0.3) is 11.1 Å². The van der Waals surface area contributed by atoms with Gasteiger partial charge in [0.05, 0.1) is 36.4 Å². The zero-order chi connectivity index (χ0) is 29.4. The molecule has 0 spiro atoms. The first-order chi connectivity index (χ1) is 20.3. The minimum absolute atomic E-state index is 0.00703. The van der Waals surface area contributed by atoms with Crippen molar-refractivity contribution in [1.82, 2.24) is 40.0 Å². The summed E-state index contributed by atoms with van der Waals surface area (Å²) >= 11 is 0. The maximum absolute atomic E-state index is 12.6. The summed E-state index contributed by atoms with van der Waals surface area (Å²) in [6.07, 6.45) is 7.64. The fraction of sp³-hybridized carbons (Fsp3) is 0.379. The molecule has 4 heterocycles. The molecule has 1 aliphatic heterocycles. The number of hydrogen-bond donors (Lipinski definition) is 3. The molecule has 218 valence electrons. The predicted octanol–water partition coefficient (Wildman–Crippen LogP) is 2.90. The number of anilines is 3. The highest BCUT2D eigenvalue weighted by Gasteiger charge is 2.31. The summed E-state index contributed by atoms with van der Waals surface area (Å²) in [5.74, 6) is 0.357. The summed E-state index contributed by atoms with van der Waals surface area (Å²) in [6.45, 7) is 4.71. The van der Waals surface area contributed by atoms with E-state index >= 15 is 0 Å². The summed E-state index contributed by atoms with van der Waals surface area (Å²) in [5, 5.41) is 26.0. The normalized spacial score (nSPS) is 15.2. The van der Waals surface area contributed by atoms with Gasteiger partial charge in [-0.3, -0.25) is 23.9 Å². The van der Waals surface area contributed by atoms with Crippen molar-refractivity contribution in [2.45, 2.75) is 32.4 Å². The van der Waals surface area contributed by atoms with Gasteiger partial charge in [-0.15, -0.1) is 10.2 Å². The highest BCUT2D eigenvalue weighted by atomic mass is 16.5. The van der Waals surface area contributed by atoms with Gasteiger partial charge in [-0.1, -0.05) is 12.1 Å². The van der Waals surface area contributed by atoms with Gasteiger partial charge in [0.15, 0.2) is 11.5 Å². The molecule has 2 amide bonds. The second-order valence-corrected chi connectivity index (χ2v) is 10.8. The number of para-hydroxylation sites is 1. The van der Waals surface area contributed by atoms with Gasteiger partial charge in [-0.2, -0.15) is 10.2 Å². The average molecular weight is 571 g/mol. The number of rotatable bonds is 10. The van der Waals surface area contributed by atoms with Gasteiger partial charge in [-0.25, -0.2) is 0 Å². The van der Waals surface area contributed by atoms with Crippen LogP contribution in [0.3, 0.4) is 0 Å². The van der Waals surface area contributed by atoms with E-state index in [1.165, 1.54) is 12.6 Å². The predicted molar refractivity (Wildman–Crippen MR) is 157 cm³/mol. The second kappa shape index (κ2) is 11.2.